The summed E-state index contributed by atoms with van der Waals surface area (Å²) in [6.45, 7) is 3.68. The van der Waals surface area contributed by atoms with Crippen molar-refractivity contribution in [1.29, 1.82) is 0 Å². The Morgan fingerprint density at radius 3 is 3.13 bits per heavy atom. The van der Waals surface area contributed by atoms with Crippen LogP contribution in [-0.2, 0) is 4.79 Å². The summed E-state index contributed by atoms with van der Waals surface area (Å²) in [4.78, 5) is 16.5. The maximum absolute atomic E-state index is 12.0. The van der Waals surface area contributed by atoms with Crippen molar-refractivity contribution in [2.24, 2.45) is 0 Å². The van der Waals surface area contributed by atoms with E-state index in [1.807, 2.05) is 25.1 Å². The maximum Gasteiger partial charge on any atom is 0.226 e. The van der Waals surface area contributed by atoms with E-state index in [-0.39, 0.29) is 18.3 Å². The standard InChI is InChI=1S/C16H21N3O2S.ClH/c1-2-21-12-6-7-13-14(10-12)22-16(18-13)19-15(20)8-5-11-4-3-9-17-11;/h6-7,10-11,17H,2-5,8-9H2,1H3,(H,18,19,20);1H. The molecule has 1 fully saturated rings. The van der Waals surface area contributed by atoms with E-state index in [9.17, 15) is 4.79 Å². The zero-order chi connectivity index (χ0) is 15.4. The minimum atomic E-state index is 0. The summed E-state index contributed by atoms with van der Waals surface area (Å²) in [6.07, 6.45) is 3.82. The van der Waals surface area contributed by atoms with Crippen LogP contribution >= 0.6 is 23.7 Å². The Labute approximate surface area is 146 Å². The Morgan fingerprint density at radius 2 is 2.39 bits per heavy atom. The molecule has 3 rings (SSSR count). The monoisotopic (exact) mass is 355 g/mol. The summed E-state index contributed by atoms with van der Waals surface area (Å²) in [6, 6.07) is 6.29. The Bertz CT molecular complexity index is 656. The van der Waals surface area contributed by atoms with Crippen LogP contribution < -0.4 is 15.4 Å². The summed E-state index contributed by atoms with van der Waals surface area (Å²) in [7, 11) is 0. The number of nitrogens with one attached hydrogen (secondary N) is 2. The van der Waals surface area contributed by atoms with Gasteiger partial charge in [0.2, 0.25) is 5.91 Å². The molecule has 2 aromatic rings. The number of amides is 1. The van der Waals surface area contributed by atoms with E-state index in [2.05, 4.69) is 15.6 Å². The van der Waals surface area contributed by atoms with Crippen LogP contribution in [0.15, 0.2) is 18.2 Å². The van der Waals surface area contributed by atoms with Gasteiger partial charge in [0.05, 0.1) is 16.8 Å². The van der Waals surface area contributed by atoms with Gasteiger partial charge in [-0.05, 0) is 50.9 Å². The Balaban J connectivity index is 0.00000192. The molecule has 1 aliphatic heterocycles. The molecule has 7 heteroatoms. The lowest BCUT2D eigenvalue weighted by molar-refractivity contribution is -0.116. The summed E-state index contributed by atoms with van der Waals surface area (Å²) in [5.74, 6) is 0.877. The number of fused-ring (bicyclic) bond motifs is 1. The van der Waals surface area contributed by atoms with Crippen molar-refractivity contribution < 1.29 is 9.53 Å². The molecule has 0 saturated carbocycles. The van der Waals surface area contributed by atoms with Crippen molar-refractivity contribution in [2.45, 2.75) is 38.6 Å². The number of halogens is 1. The van der Waals surface area contributed by atoms with Crippen LogP contribution in [0, 0.1) is 0 Å². The second-order valence-electron chi connectivity index (χ2n) is 5.46. The lowest BCUT2D eigenvalue weighted by Crippen LogP contribution is -2.23. The third-order valence-corrected chi connectivity index (χ3v) is 4.73. The van der Waals surface area contributed by atoms with Gasteiger partial charge < -0.3 is 15.4 Å². The van der Waals surface area contributed by atoms with Crippen LogP contribution in [0.2, 0.25) is 0 Å². The summed E-state index contributed by atoms with van der Waals surface area (Å²) < 4.78 is 6.51. The fourth-order valence-corrected chi connectivity index (χ4v) is 3.62. The van der Waals surface area contributed by atoms with Gasteiger partial charge >= 0.3 is 0 Å². The highest BCUT2D eigenvalue weighted by Crippen LogP contribution is 2.29. The quantitative estimate of drug-likeness (QED) is 0.831. The fourth-order valence-electron chi connectivity index (χ4n) is 2.71. The van der Waals surface area contributed by atoms with E-state index >= 15 is 0 Å². The minimum absolute atomic E-state index is 0. The Hall–Kier alpha value is -1.37. The number of carbonyl (C=O) groups excluding carboxylic acids is 1. The molecule has 1 amide bonds. The van der Waals surface area contributed by atoms with Crippen LogP contribution in [0.3, 0.4) is 0 Å². The first kappa shape index (κ1) is 18.0. The molecule has 1 atom stereocenters. The summed E-state index contributed by atoms with van der Waals surface area (Å²) >= 11 is 1.49. The molecule has 5 nitrogen and oxygen atoms in total. The second-order valence-corrected chi connectivity index (χ2v) is 6.49. The van der Waals surface area contributed by atoms with Gasteiger partial charge in [0.15, 0.2) is 5.13 Å². The molecule has 0 radical (unpaired) electrons. The zero-order valence-corrected chi connectivity index (χ0v) is 14.8. The van der Waals surface area contributed by atoms with Gasteiger partial charge in [-0.25, -0.2) is 4.98 Å². The summed E-state index contributed by atoms with van der Waals surface area (Å²) in [5.41, 5.74) is 0.890. The number of rotatable bonds is 6. The molecular weight excluding hydrogens is 334 g/mol. The largest absolute Gasteiger partial charge is 0.494 e. The van der Waals surface area contributed by atoms with E-state index in [4.69, 9.17) is 4.74 Å². The molecule has 2 heterocycles. The normalized spacial score (nSPS) is 17.0. The van der Waals surface area contributed by atoms with Crippen molar-refractivity contribution in [3.63, 3.8) is 0 Å². The van der Waals surface area contributed by atoms with Gasteiger partial charge in [-0.2, -0.15) is 0 Å². The predicted octanol–water partition coefficient (Wildman–Crippen LogP) is 3.59. The number of nitrogens with zero attached hydrogens (tertiary/aromatic N) is 1. The molecule has 0 aliphatic carbocycles. The van der Waals surface area contributed by atoms with E-state index in [0.717, 1.165) is 28.9 Å². The van der Waals surface area contributed by atoms with Gasteiger partial charge in [-0.1, -0.05) is 11.3 Å². The average Bonchev–Trinajstić information content (AvgIpc) is 3.13. The fraction of sp³-hybridized carbons (Fsp3) is 0.500. The minimum Gasteiger partial charge on any atom is -0.494 e. The van der Waals surface area contributed by atoms with Crippen LogP contribution in [0.1, 0.15) is 32.6 Å². The van der Waals surface area contributed by atoms with Crippen LogP contribution in [0.25, 0.3) is 10.2 Å². The molecular formula is C16H22ClN3O2S. The predicted molar refractivity (Wildman–Crippen MR) is 96.9 cm³/mol. The van der Waals surface area contributed by atoms with Crippen molar-refractivity contribution in [2.75, 3.05) is 18.5 Å². The van der Waals surface area contributed by atoms with Crippen LogP contribution in [0.4, 0.5) is 5.13 Å². The molecule has 126 valence electrons. The van der Waals surface area contributed by atoms with Gasteiger partial charge in [0.25, 0.3) is 0 Å². The van der Waals surface area contributed by atoms with E-state index in [1.165, 1.54) is 24.2 Å². The van der Waals surface area contributed by atoms with Crippen molar-refractivity contribution in [3.05, 3.63) is 18.2 Å². The smallest absolute Gasteiger partial charge is 0.226 e. The Kier molecular flexibility index (Phi) is 6.62. The molecule has 1 aromatic heterocycles. The molecule has 1 unspecified atom stereocenters. The number of hydrogen-bond acceptors (Lipinski definition) is 5. The van der Waals surface area contributed by atoms with Crippen LogP contribution in [-0.4, -0.2) is 30.1 Å². The SMILES string of the molecule is CCOc1ccc2nc(NC(=O)CCC3CCCN3)sc2c1.Cl. The maximum atomic E-state index is 12.0. The zero-order valence-electron chi connectivity index (χ0n) is 13.1. The molecule has 0 spiro atoms. The lowest BCUT2D eigenvalue weighted by atomic mass is 10.1. The van der Waals surface area contributed by atoms with Gasteiger partial charge in [-0.15, -0.1) is 12.4 Å². The highest BCUT2D eigenvalue weighted by Gasteiger charge is 2.16. The number of hydrogen-bond donors (Lipinski definition) is 2. The molecule has 1 aromatic carbocycles. The van der Waals surface area contributed by atoms with Crippen molar-refractivity contribution >= 4 is 45.0 Å². The molecule has 1 aliphatic rings. The lowest BCUT2D eigenvalue weighted by Gasteiger charge is -2.08. The van der Waals surface area contributed by atoms with E-state index in [0.29, 0.717) is 24.2 Å². The summed E-state index contributed by atoms with van der Waals surface area (Å²) in [5, 5.41) is 6.98. The number of ether oxygens (including phenoxy) is 1. The van der Waals surface area contributed by atoms with Gasteiger partial charge in [0.1, 0.15) is 5.75 Å². The number of aromatic nitrogens is 1. The van der Waals surface area contributed by atoms with E-state index in [1.54, 1.807) is 0 Å². The molecule has 23 heavy (non-hydrogen) atoms. The number of carbonyl (C=O) groups is 1. The highest BCUT2D eigenvalue weighted by molar-refractivity contribution is 7.22. The highest BCUT2D eigenvalue weighted by atomic mass is 35.5. The van der Waals surface area contributed by atoms with Gasteiger partial charge in [0, 0.05) is 12.5 Å². The van der Waals surface area contributed by atoms with Crippen molar-refractivity contribution in [3.8, 4) is 5.75 Å². The van der Waals surface area contributed by atoms with Crippen molar-refractivity contribution in [1.82, 2.24) is 10.3 Å². The number of thiazole rings is 1. The Morgan fingerprint density at radius 1 is 1.52 bits per heavy atom. The molecule has 0 bridgehead atoms. The number of benzene rings is 1. The third kappa shape index (κ3) is 4.80. The molecule has 1 saturated heterocycles. The molecule has 2 N–H and O–H groups in total. The van der Waals surface area contributed by atoms with E-state index < -0.39 is 0 Å². The first-order valence-corrected chi connectivity index (χ1v) is 8.63. The number of anilines is 1. The first-order chi connectivity index (χ1) is 10.7. The average molecular weight is 356 g/mol. The first-order valence-electron chi connectivity index (χ1n) is 7.81. The third-order valence-electron chi connectivity index (χ3n) is 3.80. The second kappa shape index (κ2) is 8.47. The topological polar surface area (TPSA) is 63.2 Å². The van der Waals surface area contributed by atoms with Gasteiger partial charge in [-0.3, -0.25) is 4.79 Å². The van der Waals surface area contributed by atoms with Crippen LogP contribution in [0.5, 0.6) is 5.75 Å².